The molecular formula is C33H37N9O2. The topological polar surface area (TPSA) is 114 Å². The minimum Gasteiger partial charge on any atom is -0.478 e. The highest BCUT2D eigenvalue weighted by molar-refractivity contribution is 5.95. The Labute approximate surface area is 255 Å². The van der Waals surface area contributed by atoms with Crippen LogP contribution < -0.4 is 4.74 Å². The normalized spacial score (nSPS) is 15.6. The number of methoxy groups -OCH3 is 1. The van der Waals surface area contributed by atoms with E-state index < -0.39 is 5.60 Å². The van der Waals surface area contributed by atoms with Gasteiger partial charge in [-0.25, -0.2) is 14.6 Å². The summed E-state index contributed by atoms with van der Waals surface area (Å²) in [7, 11) is 5.71. The van der Waals surface area contributed by atoms with Gasteiger partial charge in [0.15, 0.2) is 5.65 Å². The van der Waals surface area contributed by atoms with Gasteiger partial charge >= 0.3 is 0 Å². The number of aryl methyl sites for hydroxylation is 2. The van der Waals surface area contributed by atoms with Crippen LogP contribution in [-0.4, -0.2) is 61.7 Å². The van der Waals surface area contributed by atoms with Crippen molar-refractivity contribution in [3.8, 4) is 34.2 Å². The molecule has 0 aliphatic heterocycles. The fraction of sp³-hybridized carbons (Fsp3) is 0.424. The van der Waals surface area contributed by atoms with Gasteiger partial charge in [-0.3, -0.25) is 9.36 Å². The number of aromatic nitrogens is 9. The summed E-state index contributed by atoms with van der Waals surface area (Å²) in [4.78, 5) is 10.5. The Hall–Kier alpha value is -4.51. The maximum atomic E-state index is 10.2. The van der Waals surface area contributed by atoms with Crippen molar-refractivity contribution in [3.63, 3.8) is 0 Å². The zero-order chi connectivity index (χ0) is 30.3. The van der Waals surface area contributed by atoms with E-state index in [1.807, 2.05) is 34.9 Å². The van der Waals surface area contributed by atoms with E-state index >= 15 is 0 Å². The molecule has 226 valence electrons. The lowest BCUT2D eigenvalue weighted by Gasteiger charge is -2.16. The third-order valence-corrected chi connectivity index (χ3v) is 8.85. The van der Waals surface area contributed by atoms with Crippen LogP contribution in [-0.2, 0) is 20.6 Å². The van der Waals surface area contributed by atoms with Gasteiger partial charge in [-0.1, -0.05) is 12.1 Å². The summed E-state index contributed by atoms with van der Waals surface area (Å²) < 4.78 is 13.4. The molecule has 0 spiro atoms. The maximum absolute atomic E-state index is 10.2. The van der Waals surface area contributed by atoms with Crippen molar-refractivity contribution < 1.29 is 9.84 Å². The zero-order valence-electron chi connectivity index (χ0n) is 25.8. The van der Waals surface area contributed by atoms with Gasteiger partial charge in [0.1, 0.15) is 11.5 Å². The highest BCUT2D eigenvalue weighted by Gasteiger charge is 2.35. The molecule has 5 heterocycles. The van der Waals surface area contributed by atoms with E-state index in [2.05, 4.69) is 46.2 Å². The summed E-state index contributed by atoms with van der Waals surface area (Å²) in [5.41, 5.74) is 7.20. The number of benzene rings is 1. The predicted octanol–water partition coefficient (Wildman–Crippen LogP) is 5.50. The number of aliphatic hydroxyl groups is 1. The van der Waals surface area contributed by atoms with Crippen LogP contribution in [0.4, 0.5) is 0 Å². The molecule has 0 bridgehead atoms. The van der Waals surface area contributed by atoms with E-state index in [1.165, 1.54) is 5.69 Å². The quantitative estimate of drug-likeness (QED) is 0.236. The van der Waals surface area contributed by atoms with Crippen LogP contribution >= 0.6 is 0 Å². The highest BCUT2D eigenvalue weighted by Crippen LogP contribution is 2.49. The molecule has 0 radical (unpaired) electrons. The standard InChI is InChI=1S/C33H37N9O2/c1-33(2,43)13-14-41-18-26(32(38-41)44-5)42-17-24-22(7-6-8-25(24)36-42)28-29(20-11-12-20)40(4)31(35-28)23-15-21-16-39(3)37-30(21)34-27(23)19-9-10-19/h6-8,15-20,43H,9-14H2,1-5H3. The van der Waals surface area contributed by atoms with E-state index in [4.69, 9.17) is 19.8 Å². The first-order valence-corrected chi connectivity index (χ1v) is 15.4. The summed E-state index contributed by atoms with van der Waals surface area (Å²) >= 11 is 0. The fourth-order valence-corrected chi connectivity index (χ4v) is 6.28. The van der Waals surface area contributed by atoms with Crippen molar-refractivity contribution in [1.82, 2.24) is 43.9 Å². The first-order chi connectivity index (χ1) is 21.2. The number of nitrogens with zero attached hydrogens (tertiary/aromatic N) is 9. The van der Waals surface area contributed by atoms with Crippen LogP contribution in [0.5, 0.6) is 5.88 Å². The smallest absolute Gasteiger partial charge is 0.258 e. The molecule has 6 aromatic rings. The monoisotopic (exact) mass is 591 g/mol. The Morgan fingerprint density at radius 3 is 2.48 bits per heavy atom. The Kier molecular flexibility index (Phi) is 6.00. The first-order valence-electron chi connectivity index (χ1n) is 15.4. The number of hydrogen-bond acceptors (Lipinski definition) is 7. The maximum Gasteiger partial charge on any atom is 0.258 e. The highest BCUT2D eigenvalue weighted by atomic mass is 16.5. The summed E-state index contributed by atoms with van der Waals surface area (Å²) in [5, 5.41) is 26.4. The Bertz CT molecular complexity index is 2050. The van der Waals surface area contributed by atoms with Gasteiger partial charge in [-0.15, -0.1) is 5.10 Å². The van der Waals surface area contributed by atoms with Gasteiger partial charge < -0.3 is 14.4 Å². The Morgan fingerprint density at radius 2 is 1.75 bits per heavy atom. The van der Waals surface area contributed by atoms with Crippen molar-refractivity contribution in [1.29, 1.82) is 0 Å². The molecule has 11 nitrogen and oxygen atoms in total. The lowest BCUT2D eigenvalue weighted by Crippen LogP contribution is -2.21. The predicted molar refractivity (Wildman–Crippen MR) is 168 cm³/mol. The lowest BCUT2D eigenvalue weighted by atomic mass is 10.0. The van der Waals surface area contributed by atoms with Crippen LogP contribution in [0.25, 0.3) is 50.3 Å². The molecule has 44 heavy (non-hydrogen) atoms. The van der Waals surface area contributed by atoms with Crippen molar-refractivity contribution in [2.24, 2.45) is 14.1 Å². The number of pyridine rings is 1. The molecule has 0 unspecified atom stereocenters. The zero-order valence-corrected chi connectivity index (χ0v) is 25.8. The molecule has 2 aliphatic rings. The van der Waals surface area contributed by atoms with Crippen LogP contribution in [0.2, 0.25) is 0 Å². The van der Waals surface area contributed by atoms with E-state index in [0.29, 0.717) is 30.7 Å². The molecule has 0 saturated heterocycles. The van der Waals surface area contributed by atoms with Gasteiger partial charge in [0, 0.05) is 72.5 Å². The van der Waals surface area contributed by atoms with Crippen LogP contribution in [0.15, 0.2) is 42.9 Å². The summed E-state index contributed by atoms with van der Waals surface area (Å²) in [6, 6.07) is 8.47. The van der Waals surface area contributed by atoms with Crippen molar-refractivity contribution in [2.75, 3.05) is 7.11 Å². The molecule has 0 amide bonds. The third-order valence-electron chi connectivity index (χ3n) is 8.85. The molecular weight excluding hydrogens is 554 g/mol. The van der Waals surface area contributed by atoms with Crippen molar-refractivity contribution in [2.45, 2.75) is 69.9 Å². The second kappa shape index (κ2) is 9.75. The largest absolute Gasteiger partial charge is 0.478 e. The minimum absolute atomic E-state index is 0.460. The van der Waals surface area contributed by atoms with Crippen LogP contribution in [0.1, 0.15) is 69.2 Å². The lowest BCUT2D eigenvalue weighted by molar-refractivity contribution is 0.0650. The molecule has 0 atom stereocenters. The van der Waals surface area contributed by atoms with E-state index in [0.717, 1.165) is 81.6 Å². The van der Waals surface area contributed by atoms with Gasteiger partial charge in [0.05, 0.1) is 35.8 Å². The van der Waals surface area contributed by atoms with Gasteiger partial charge in [-0.05, 0) is 58.1 Å². The molecule has 2 fully saturated rings. The SMILES string of the molecule is COc1nn(CCC(C)(C)O)cc1-n1cc2c(-c3nc(-c4cc5cn(C)nc5nc4C4CC4)n(C)c3C3CC3)cccc2n1. The molecule has 1 N–H and O–H groups in total. The van der Waals surface area contributed by atoms with Crippen LogP contribution in [0, 0.1) is 0 Å². The van der Waals surface area contributed by atoms with Gasteiger partial charge in [0.25, 0.3) is 5.88 Å². The minimum atomic E-state index is -0.783. The van der Waals surface area contributed by atoms with E-state index in [1.54, 1.807) is 25.6 Å². The summed E-state index contributed by atoms with van der Waals surface area (Å²) in [5.74, 6) is 2.39. The fourth-order valence-electron chi connectivity index (χ4n) is 6.28. The number of ether oxygens (including phenoxy) is 1. The van der Waals surface area contributed by atoms with Crippen molar-refractivity contribution in [3.05, 3.63) is 54.2 Å². The molecule has 5 aromatic heterocycles. The molecule has 2 saturated carbocycles. The number of imidazole rings is 1. The molecule has 1 aromatic carbocycles. The Morgan fingerprint density at radius 1 is 0.955 bits per heavy atom. The van der Waals surface area contributed by atoms with Gasteiger partial charge in [0.2, 0.25) is 0 Å². The molecule has 11 heteroatoms. The number of rotatable bonds is 9. The number of hydrogen-bond donors (Lipinski definition) is 1. The van der Waals surface area contributed by atoms with E-state index in [-0.39, 0.29) is 0 Å². The van der Waals surface area contributed by atoms with Gasteiger partial charge in [-0.2, -0.15) is 10.2 Å². The second-order valence-corrected chi connectivity index (χ2v) is 13.1. The average Bonchev–Trinajstić information content (AvgIpc) is 3.85. The van der Waals surface area contributed by atoms with Crippen LogP contribution in [0.3, 0.4) is 0 Å². The average molecular weight is 592 g/mol. The second-order valence-electron chi connectivity index (χ2n) is 13.1. The summed E-state index contributed by atoms with van der Waals surface area (Å²) in [6.45, 7) is 4.17. The third kappa shape index (κ3) is 4.66. The van der Waals surface area contributed by atoms with E-state index in [9.17, 15) is 5.11 Å². The number of fused-ring (bicyclic) bond motifs is 2. The van der Waals surface area contributed by atoms with Crippen molar-refractivity contribution >= 4 is 21.9 Å². The summed E-state index contributed by atoms with van der Waals surface area (Å²) in [6.07, 6.45) is 11.2. The first kappa shape index (κ1) is 27.1. The molecule has 2 aliphatic carbocycles. The Balaban J connectivity index is 1.25. The molecule has 8 rings (SSSR count).